The van der Waals surface area contributed by atoms with Gasteiger partial charge in [-0.15, -0.1) is 0 Å². The Balaban J connectivity index is 2.56. The van der Waals surface area contributed by atoms with Gasteiger partial charge in [0.2, 0.25) is 11.9 Å². The molecule has 1 heterocycles. The Hall–Kier alpha value is -2.26. The van der Waals surface area contributed by atoms with Gasteiger partial charge in [0.1, 0.15) is 23.4 Å². The molecule has 0 amide bonds. The molecule has 0 fully saturated rings. The maximum absolute atomic E-state index is 14.6. The fourth-order valence-electron chi connectivity index (χ4n) is 2.49. The van der Waals surface area contributed by atoms with Crippen molar-refractivity contribution in [3.8, 4) is 0 Å². The van der Waals surface area contributed by atoms with Crippen LogP contribution < -0.4 is 10.6 Å². The van der Waals surface area contributed by atoms with Crippen molar-refractivity contribution in [1.82, 2.24) is 15.0 Å². The van der Waals surface area contributed by atoms with Crippen LogP contribution in [0.1, 0.15) is 32.5 Å². The summed E-state index contributed by atoms with van der Waals surface area (Å²) in [5, 5.41) is 13.5. The minimum absolute atomic E-state index is 0.485. The molecule has 3 N–H and O–H groups in total. The molecule has 0 aliphatic heterocycles. The Labute approximate surface area is 170 Å². The Kier molecular flexibility index (Phi) is 6.47. The van der Waals surface area contributed by atoms with Crippen LogP contribution in [-0.4, -0.2) is 63.8 Å². The van der Waals surface area contributed by atoms with Gasteiger partial charge in [0.25, 0.3) is 5.92 Å². The van der Waals surface area contributed by atoms with E-state index in [0.717, 1.165) is 0 Å². The number of nitrogens with one attached hydrogen (secondary N) is 2. The molecule has 0 saturated carbocycles. The molecule has 1 aromatic rings. The first-order valence-corrected chi connectivity index (χ1v) is 8.78. The maximum atomic E-state index is 14.6. The zero-order chi connectivity index (χ0) is 24.0. The lowest BCUT2D eigenvalue weighted by molar-refractivity contribution is -0.139. The normalized spacial score (nSPS) is 24.0. The van der Waals surface area contributed by atoms with Crippen molar-refractivity contribution in [1.29, 1.82) is 0 Å². The van der Waals surface area contributed by atoms with Crippen LogP contribution in [0.15, 0.2) is 5.83 Å². The number of alkyl halides is 8. The summed E-state index contributed by atoms with van der Waals surface area (Å²) in [7, 11) is 0.485. The number of hydrogen-bond donors (Lipinski definition) is 3. The lowest BCUT2D eigenvalue weighted by Crippen LogP contribution is -2.51. The largest absolute Gasteiger partial charge is 0.408 e. The number of aliphatic hydroxyl groups is 1. The first-order valence-electron chi connectivity index (χ1n) is 8.78. The van der Waals surface area contributed by atoms with Crippen molar-refractivity contribution in [3.63, 3.8) is 0 Å². The highest BCUT2D eigenvalue weighted by molar-refractivity contribution is 6.18. The molecule has 31 heavy (non-hydrogen) atoms. The van der Waals surface area contributed by atoms with Crippen LogP contribution in [-0.2, 0) is 0 Å². The molecule has 1 aliphatic rings. The number of hydrogen-bond acceptors (Lipinski definition) is 6. The molecule has 0 spiro atoms. The summed E-state index contributed by atoms with van der Waals surface area (Å²) in [4.78, 5) is 10.5. The standard InChI is InChI=1S/C15H17BF9N5O/c1-5(14(20,21)22)26-10-28-9(29-11(30-10)27-6(2)15(23,24)25)7-3-4-12(18,19)13(16,31)8(7)17/h5-6,31H,3-4,16H2,1-2H3,(H2,26,27,28,29,30)/t5-,6-,13+/m1/s1. The Morgan fingerprint density at radius 2 is 1.35 bits per heavy atom. The predicted octanol–water partition coefficient (Wildman–Crippen LogP) is 3.03. The quantitative estimate of drug-likeness (QED) is 0.459. The number of rotatable bonds is 5. The topological polar surface area (TPSA) is 83.0 Å². The summed E-state index contributed by atoms with van der Waals surface area (Å²) in [5.41, 5.74) is -3.96. The molecule has 3 atom stereocenters. The fourth-order valence-corrected chi connectivity index (χ4v) is 2.49. The lowest BCUT2D eigenvalue weighted by Gasteiger charge is -2.36. The zero-order valence-corrected chi connectivity index (χ0v) is 16.3. The van der Waals surface area contributed by atoms with Crippen LogP contribution in [0, 0.1) is 0 Å². The van der Waals surface area contributed by atoms with Crippen LogP contribution in [0.2, 0.25) is 0 Å². The van der Waals surface area contributed by atoms with E-state index in [0.29, 0.717) is 21.7 Å². The van der Waals surface area contributed by atoms with E-state index in [1.54, 1.807) is 10.6 Å². The SMILES string of the molecule is B[C@]1(O)C(F)=C(c2nc(N[C@H](C)C(F)(F)F)nc(N[C@H](C)C(F)(F)F)n2)CCC1(F)F. The first-order chi connectivity index (χ1) is 13.9. The van der Waals surface area contributed by atoms with E-state index in [1.165, 1.54) is 0 Å². The van der Waals surface area contributed by atoms with E-state index in [2.05, 4.69) is 15.0 Å². The zero-order valence-electron chi connectivity index (χ0n) is 16.3. The summed E-state index contributed by atoms with van der Waals surface area (Å²) in [6.45, 7) is 1.33. The van der Waals surface area contributed by atoms with Crippen LogP contribution in [0.3, 0.4) is 0 Å². The van der Waals surface area contributed by atoms with Crippen molar-refractivity contribution in [3.05, 3.63) is 11.7 Å². The summed E-state index contributed by atoms with van der Waals surface area (Å²) >= 11 is 0. The molecule has 2 rings (SSSR count). The second-order valence-electron chi connectivity index (χ2n) is 7.19. The van der Waals surface area contributed by atoms with E-state index in [-0.39, 0.29) is 0 Å². The van der Waals surface area contributed by atoms with Gasteiger partial charge in [-0.05, 0) is 20.3 Å². The second-order valence-corrected chi connectivity index (χ2v) is 7.19. The molecule has 1 aliphatic carbocycles. The van der Waals surface area contributed by atoms with Crippen molar-refractivity contribution >= 4 is 25.3 Å². The van der Waals surface area contributed by atoms with Crippen LogP contribution in [0.25, 0.3) is 5.57 Å². The molecule has 1 aromatic heterocycles. The third-order valence-corrected chi connectivity index (χ3v) is 4.67. The molecule has 0 radical (unpaired) electrons. The van der Waals surface area contributed by atoms with Crippen LogP contribution in [0.4, 0.5) is 51.4 Å². The minimum atomic E-state index is -4.79. The van der Waals surface area contributed by atoms with Gasteiger partial charge in [0.15, 0.2) is 13.7 Å². The molecular formula is C15H17BF9N5O. The van der Waals surface area contributed by atoms with Gasteiger partial charge in [0, 0.05) is 12.0 Å². The summed E-state index contributed by atoms with van der Waals surface area (Å²) in [6.07, 6.45) is -11.4. The van der Waals surface area contributed by atoms with Crippen molar-refractivity contribution < 1.29 is 44.6 Å². The molecular weight excluding hydrogens is 448 g/mol. The maximum Gasteiger partial charge on any atom is 0.408 e. The van der Waals surface area contributed by atoms with Gasteiger partial charge in [-0.25, -0.2) is 13.2 Å². The average molecular weight is 465 g/mol. The number of nitrogens with zero attached hydrogens (tertiary/aromatic N) is 3. The Morgan fingerprint density at radius 3 is 1.74 bits per heavy atom. The fraction of sp³-hybridized carbons (Fsp3) is 0.667. The van der Waals surface area contributed by atoms with E-state index in [1.807, 2.05) is 0 Å². The number of allylic oxidation sites excluding steroid dienone is 1. The molecule has 16 heteroatoms. The van der Waals surface area contributed by atoms with Gasteiger partial charge in [-0.3, -0.25) is 0 Å². The molecule has 0 aromatic carbocycles. The molecule has 174 valence electrons. The van der Waals surface area contributed by atoms with Gasteiger partial charge in [0.05, 0.1) is 0 Å². The van der Waals surface area contributed by atoms with Gasteiger partial charge in [-0.2, -0.15) is 41.3 Å². The highest BCUT2D eigenvalue weighted by atomic mass is 19.4. The van der Waals surface area contributed by atoms with E-state index in [9.17, 15) is 44.6 Å². The third-order valence-electron chi connectivity index (χ3n) is 4.67. The van der Waals surface area contributed by atoms with Crippen molar-refractivity contribution in [2.45, 2.75) is 62.5 Å². The Morgan fingerprint density at radius 1 is 0.935 bits per heavy atom. The summed E-state index contributed by atoms with van der Waals surface area (Å²) < 4.78 is 119. The second kappa shape index (κ2) is 8.02. The molecule has 0 bridgehead atoms. The predicted molar refractivity (Wildman–Crippen MR) is 93.8 cm³/mol. The monoisotopic (exact) mass is 465 g/mol. The van der Waals surface area contributed by atoms with Gasteiger partial charge < -0.3 is 15.7 Å². The highest BCUT2D eigenvalue weighted by Crippen LogP contribution is 2.46. The first kappa shape index (κ1) is 25.0. The van der Waals surface area contributed by atoms with E-state index < -0.39 is 77.8 Å². The van der Waals surface area contributed by atoms with Gasteiger partial charge in [-0.1, -0.05) is 0 Å². The number of anilines is 2. The van der Waals surface area contributed by atoms with Crippen LogP contribution in [0.5, 0.6) is 0 Å². The number of halogens is 9. The smallest absolute Gasteiger partial charge is 0.386 e. The Bertz CT molecular complexity index is 816. The molecule has 6 nitrogen and oxygen atoms in total. The lowest BCUT2D eigenvalue weighted by atomic mass is 9.68. The van der Waals surface area contributed by atoms with E-state index in [4.69, 9.17) is 0 Å². The molecule has 0 saturated heterocycles. The average Bonchev–Trinajstić information content (AvgIpc) is 2.58. The minimum Gasteiger partial charge on any atom is -0.386 e. The van der Waals surface area contributed by atoms with E-state index >= 15 is 0 Å². The summed E-state index contributed by atoms with van der Waals surface area (Å²) in [5.74, 6) is -8.16. The van der Waals surface area contributed by atoms with Crippen molar-refractivity contribution in [2.75, 3.05) is 10.6 Å². The third kappa shape index (κ3) is 5.33. The number of aromatic nitrogens is 3. The summed E-state index contributed by atoms with van der Waals surface area (Å²) in [6, 6.07) is -4.51. The molecule has 0 unspecified atom stereocenters. The highest BCUT2D eigenvalue weighted by Gasteiger charge is 2.55. The van der Waals surface area contributed by atoms with Crippen molar-refractivity contribution in [2.24, 2.45) is 0 Å². The van der Waals surface area contributed by atoms with Crippen LogP contribution >= 0.6 is 0 Å². The van der Waals surface area contributed by atoms with Gasteiger partial charge >= 0.3 is 12.4 Å².